The van der Waals surface area contributed by atoms with Gasteiger partial charge in [-0.3, -0.25) is 9.35 Å². The Morgan fingerprint density at radius 3 is 2.12 bits per heavy atom. The van der Waals surface area contributed by atoms with E-state index in [4.69, 9.17) is 14.0 Å². The molecule has 4 aliphatic carbocycles. The molecule has 24 heavy (non-hydrogen) atoms. The average molecular weight is 476 g/mol. The van der Waals surface area contributed by atoms with E-state index in [1.54, 1.807) is 0 Å². The Kier molecular flexibility index (Phi) is 4.61. The van der Waals surface area contributed by atoms with E-state index in [0.29, 0.717) is 25.7 Å². The van der Waals surface area contributed by atoms with Gasteiger partial charge in [0.1, 0.15) is 11.2 Å². The van der Waals surface area contributed by atoms with Crippen molar-refractivity contribution < 1.29 is 36.4 Å². The molecular weight excluding hydrogens is 458 g/mol. The van der Waals surface area contributed by atoms with Crippen molar-refractivity contribution in [3.63, 3.8) is 0 Å². The van der Waals surface area contributed by atoms with Crippen molar-refractivity contribution in [3.05, 3.63) is 0 Å². The Morgan fingerprint density at radius 2 is 1.67 bits per heavy atom. The quantitative estimate of drug-likeness (QED) is 0.279. The van der Waals surface area contributed by atoms with E-state index in [2.05, 4.69) is 0 Å². The Labute approximate surface area is 152 Å². The van der Waals surface area contributed by atoms with Crippen LogP contribution in [0.25, 0.3) is 0 Å². The highest BCUT2D eigenvalue weighted by Crippen LogP contribution is 2.60. The molecule has 136 valence electrons. The SMILES string of the molecule is O=C(CI)OC12CC3CC(C1)CC(OC(=O)C(F)S(=O)(=O)O)(C3)C2. The van der Waals surface area contributed by atoms with Gasteiger partial charge in [0.15, 0.2) is 0 Å². The maximum Gasteiger partial charge on any atom is 0.359 e. The molecule has 0 aromatic rings. The van der Waals surface area contributed by atoms with Crippen molar-refractivity contribution in [2.75, 3.05) is 4.43 Å². The average Bonchev–Trinajstić information content (AvgIpc) is 2.42. The number of esters is 2. The van der Waals surface area contributed by atoms with E-state index in [1.165, 1.54) is 0 Å². The maximum absolute atomic E-state index is 13.5. The number of hydrogen-bond acceptors (Lipinski definition) is 6. The molecule has 7 nitrogen and oxygen atoms in total. The lowest BCUT2D eigenvalue weighted by molar-refractivity contribution is -0.231. The number of ether oxygens (including phenoxy) is 2. The second-order valence-corrected chi connectivity index (χ2v) is 9.39. The summed E-state index contributed by atoms with van der Waals surface area (Å²) in [7, 11) is -5.15. The van der Waals surface area contributed by atoms with Crippen LogP contribution in [0, 0.1) is 11.8 Å². The summed E-state index contributed by atoms with van der Waals surface area (Å²) < 4.78 is 55.0. The third-order valence-corrected chi connectivity index (χ3v) is 6.50. The van der Waals surface area contributed by atoms with Gasteiger partial charge in [-0.15, -0.1) is 0 Å². The van der Waals surface area contributed by atoms with Crippen LogP contribution in [0.15, 0.2) is 0 Å². The molecule has 1 N–H and O–H groups in total. The minimum absolute atomic E-state index is 0.185. The summed E-state index contributed by atoms with van der Waals surface area (Å²) in [5, 5.41) is 0. The smallest absolute Gasteiger partial charge is 0.359 e. The molecule has 0 aromatic heterocycles. The van der Waals surface area contributed by atoms with Crippen LogP contribution < -0.4 is 0 Å². The van der Waals surface area contributed by atoms with Gasteiger partial charge in [-0.05, 0) is 43.9 Å². The number of halogens is 2. The summed E-state index contributed by atoms with van der Waals surface area (Å²) in [4.78, 5) is 23.6. The molecular formula is C14H18FIO7S. The van der Waals surface area contributed by atoms with E-state index in [9.17, 15) is 22.4 Å². The zero-order chi connectivity index (χ0) is 17.8. The van der Waals surface area contributed by atoms with Crippen LogP contribution in [0.2, 0.25) is 0 Å². The number of carbonyl (C=O) groups is 2. The van der Waals surface area contributed by atoms with Gasteiger partial charge >= 0.3 is 27.6 Å². The van der Waals surface area contributed by atoms with Crippen molar-refractivity contribution >= 4 is 44.6 Å². The predicted molar refractivity (Wildman–Crippen MR) is 87.7 cm³/mol. The van der Waals surface area contributed by atoms with Gasteiger partial charge in [0.05, 0.1) is 4.43 Å². The summed E-state index contributed by atoms with van der Waals surface area (Å²) in [5.74, 6) is -1.58. The molecule has 0 aromatic carbocycles. The zero-order valence-electron chi connectivity index (χ0n) is 12.7. The molecule has 0 radical (unpaired) electrons. The minimum atomic E-state index is -5.15. The first kappa shape index (κ1) is 18.3. The topological polar surface area (TPSA) is 107 Å². The third kappa shape index (κ3) is 3.41. The van der Waals surface area contributed by atoms with Crippen molar-refractivity contribution in [2.45, 2.75) is 55.2 Å². The van der Waals surface area contributed by atoms with Gasteiger partial charge in [0.25, 0.3) is 0 Å². The van der Waals surface area contributed by atoms with Gasteiger partial charge < -0.3 is 9.47 Å². The normalized spacial score (nSPS) is 38.6. The highest BCUT2D eigenvalue weighted by atomic mass is 127. The van der Waals surface area contributed by atoms with Crippen molar-refractivity contribution in [1.29, 1.82) is 0 Å². The monoisotopic (exact) mass is 476 g/mol. The molecule has 4 saturated carbocycles. The summed E-state index contributed by atoms with van der Waals surface area (Å²) in [6.07, 6.45) is 3.54. The minimum Gasteiger partial charge on any atom is -0.458 e. The van der Waals surface area contributed by atoms with Crippen LogP contribution in [-0.4, -0.2) is 46.0 Å². The van der Waals surface area contributed by atoms with Crippen LogP contribution in [0.3, 0.4) is 0 Å². The van der Waals surface area contributed by atoms with E-state index in [1.807, 2.05) is 22.6 Å². The Morgan fingerprint density at radius 1 is 1.17 bits per heavy atom. The standard InChI is InChI=1S/C14H18FIO7S/c15-11(24(19,20)21)12(18)23-14-4-8-1-9(5-14)3-13(2-8,7-14)22-10(17)6-16/h8-9,11H,1-7H2,(H,19,20,21). The second-order valence-electron chi connectivity index (χ2n) is 7.19. The second kappa shape index (κ2) is 6.04. The predicted octanol–water partition coefficient (Wildman–Crippen LogP) is 1.78. The van der Waals surface area contributed by atoms with E-state index in [0.717, 1.165) is 6.42 Å². The van der Waals surface area contributed by atoms with Gasteiger partial charge in [0, 0.05) is 6.42 Å². The van der Waals surface area contributed by atoms with Crippen LogP contribution >= 0.6 is 22.6 Å². The van der Waals surface area contributed by atoms with E-state index in [-0.39, 0.29) is 28.7 Å². The maximum atomic E-state index is 13.5. The van der Waals surface area contributed by atoms with E-state index < -0.39 is 32.8 Å². The van der Waals surface area contributed by atoms with Crippen LogP contribution in [-0.2, 0) is 29.2 Å². The van der Waals surface area contributed by atoms with Crippen LogP contribution in [0.1, 0.15) is 38.5 Å². The lowest BCUT2D eigenvalue weighted by atomic mass is 9.52. The van der Waals surface area contributed by atoms with Crippen molar-refractivity contribution in [3.8, 4) is 0 Å². The summed E-state index contributed by atoms with van der Waals surface area (Å²) >= 11 is 1.91. The molecule has 10 heteroatoms. The molecule has 0 aliphatic heterocycles. The number of carbonyl (C=O) groups excluding carboxylic acids is 2. The fourth-order valence-corrected chi connectivity index (χ4v) is 5.43. The van der Waals surface area contributed by atoms with Crippen molar-refractivity contribution in [1.82, 2.24) is 0 Å². The molecule has 4 bridgehead atoms. The Balaban J connectivity index is 1.81. The first-order chi connectivity index (χ1) is 11.1. The van der Waals surface area contributed by atoms with Gasteiger partial charge in [-0.25, -0.2) is 9.18 Å². The van der Waals surface area contributed by atoms with E-state index >= 15 is 0 Å². The number of rotatable bonds is 5. The summed E-state index contributed by atoms with van der Waals surface area (Å²) in [6, 6.07) is 0. The largest absolute Gasteiger partial charge is 0.458 e. The molecule has 0 spiro atoms. The zero-order valence-corrected chi connectivity index (χ0v) is 15.7. The molecule has 4 fully saturated rings. The van der Waals surface area contributed by atoms with Gasteiger partial charge in [0.2, 0.25) is 0 Å². The summed E-state index contributed by atoms with van der Waals surface area (Å²) in [5.41, 5.74) is -4.86. The highest BCUT2D eigenvalue weighted by Gasteiger charge is 2.62. The van der Waals surface area contributed by atoms with Crippen molar-refractivity contribution in [2.24, 2.45) is 11.8 Å². The highest BCUT2D eigenvalue weighted by molar-refractivity contribution is 14.1. The van der Waals surface area contributed by atoms with Crippen LogP contribution in [0.4, 0.5) is 4.39 Å². The molecule has 0 heterocycles. The molecule has 4 rings (SSSR count). The summed E-state index contributed by atoms with van der Waals surface area (Å²) in [6.45, 7) is 0. The van der Waals surface area contributed by atoms with Gasteiger partial charge in [-0.1, -0.05) is 22.6 Å². The fourth-order valence-electron chi connectivity index (χ4n) is 4.98. The van der Waals surface area contributed by atoms with Crippen LogP contribution in [0.5, 0.6) is 0 Å². The molecule has 0 saturated heterocycles. The van der Waals surface area contributed by atoms with Gasteiger partial charge in [-0.2, -0.15) is 8.42 Å². The fraction of sp³-hybridized carbons (Fsp3) is 0.857. The number of alkyl halides is 2. The lowest BCUT2D eigenvalue weighted by Gasteiger charge is -2.60. The third-order valence-electron chi connectivity index (χ3n) is 5.16. The Bertz CT molecular complexity index is 650. The lowest BCUT2D eigenvalue weighted by Crippen LogP contribution is -2.62. The first-order valence-electron chi connectivity index (χ1n) is 7.67. The number of hydrogen-bond donors (Lipinski definition) is 1. The molecule has 0 amide bonds. The molecule has 4 aliphatic rings. The first-order valence-corrected chi connectivity index (χ1v) is 10.7. The molecule has 3 unspecified atom stereocenters. The molecule has 3 atom stereocenters. The Hall–Kier alpha value is -0.490.